The van der Waals surface area contributed by atoms with Gasteiger partial charge in [0.1, 0.15) is 5.82 Å². The van der Waals surface area contributed by atoms with E-state index < -0.39 is 0 Å². The van der Waals surface area contributed by atoms with Gasteiger partial charge >= 0.3 is 0 Å². The van der Waals surface area contributed by atoms with Crippen molar-refractivity contribution in [1.29, 1.82) is 0 Å². The van der Waals surface area contributed by atoms with Crippen LogP contribution in [-0.4, -0.2) is 26.8 Å². The quantitative estimate of drug-likeness (QED) is 0.555. The van der Waals surface area contributed by atoms with E-state index in [1.54, 1.807) is 29.8 Å². The minimum Gasteiger partial charge on any atom is -0.307 e. The predicted octanol–water partition coefficient (Wildman–Crippen LogP) is 4.34. The number of nitrogens with one attached hydrogen (secondary N) is 2. The molecule has 3 aromatic heterocycles. The van der Waals surface area contributed by atoms with Gasteiger partial charge in [-0.1, -0.05) is 6.58 Å². The van der Waals surface area contributed by atoms with Gasteiger partial charge in [-0.25, -0.2) is 9.97 Å². The number of hydrogen-bond donors (Lipinski definition) is 2. The van der Waals surface area contributed by atoms with E-state index >= 15 is 0 Å². The summed E-state index contributed by atoms with van der Waals surface area (Å²) in [6, 6.07) is 7.22. The standard InChI is InChI=1S/C22H21N5O2S/c1-3-20(28)26-19-7-6-16(11-24-19)17-10-15(8-9-23-17)13(2)21(29)27-22-25-12-18(30-22)14-4-5-14/h3,6-14H,1,4-5H2,2H3,(H,24,26,28)(H,25,27,29). The second-order valence-electron chi connectivity index (χ2n) is 7.15. The first kappa shape index (κ1) is 19.9. The molecule has 1 fully saturated rings. The number of anilines is 2. The molecule has 1 saturated carbocycles. The Hall–Kier alpha value is -3.39. The summed E-state index contributed by atoms with van der Waals surface area (Å²) in [6.07, 6.45) is 8.78. The van der Waals surface area contributed by atoms with Crippen LogP contribution >= 0.6 is 11.3 Å². The molecule has 1 aliphatic rings. The number of nitrogens with zero attached hydrogens (tertiary/aromatic N) is 3. The Balaban J connectivity index is 1.45. The summed E-state index contributed by atoms with van der Waals surface area (Å²) >= 11 is 1.55. The zero-order chi connectivity index (χ0) is 21.1. The van der Waals surface area contributed by atoms with Crippen LogP contribution in [0.15, 0.2) is 55.5 Å². The Labute approximate surface area is 178 Å². The summed E-state index contributed by atoms with van der Waals surface area (Å²) in [5.74, 6) is 0.267. The average molecular weight is 420 g/mol. The molecule has 8 heteroatoms. The van der Waals surface area contributed by atoms with Gasteiger partial charge in [0.25, 0.3) is 0 Å². The highest BCUT2D eigenvalue weighted by Gasteiger charge is 2.26. The fourth-order valence-corrected chi connectivity index (χ4v) is 3.92. The van der Waals surface area contributed by atoms with Crippen molar-refractivity contribution in [3.8, 4) is 11.3 Å². The van der Waals surface area contributed by atoms with Gasteiger partial charge in [0.2, 0.25) is 11.8 Å². The summed E-state index contributed by atoms with van der Waals surface area (Å²) in [7, 11) is 0. The van der Waals surface area contributed by atoms with Gasteiger partial charge in [0.05, 0.1) is 11.6 Å². The Morgan fingerprint density at radius 2 is 2.00 bits per heavy atom. The molecule has 30 heavy (non-hydrogen) atoms. The maximum atomic E-state index is 12.7. The van der Waals surface area contributed by atoms with E-state index in [-0.39, 0.29) is 17.7 Å². The van der Waals surface area contributed by atoms with Crippen molar-refractivity contribution >= 4 is 34.1 Å². The minimum atomic E-state index is -0.362. The fraction of sp³-hybridized carbons (Fsp3) is 0.227. The second-order valence-corrected chi connectivity index (χ2v) is 8.22. The number of amides is 2. The van der Waals surface area contributed by atoms with Crippen LogP contribution in [0.2, 0.25) is 0 Å². The Morgan fingerprint density at radius 3 is 2.70 bits per heavy atom. The Bertz CT molecular complexity index is 1090. The molecule has 0 spiro atoms. The monoisotopic (exact) mass is 419 g/mol. The Kier molecular flexibility index (Phi) is 5.67. The minimum absolute atomic E-state index is 0.107. The van der Waals surface area contributed by atoms with Gasteiger partial charge in [0.15, 0.2) is 5.13 Å². The molecule has 1 atom stereocenters. The first-order chi connectivity index (χ1) is 14.5. The zero-order valence-corrected chi connectivity index (χ0v) is 17.3. The molecule has 0 saturated heterocycles. The van der Waals surface area contributed by atoms with Gasteiger partial charge in [0, 0.05) is 29.0 Å². The van der Waals surface area contributed by atoms with Crippen LogP contribution in [0.25, 0.3) is 11.3 Å². The lowest BCUT2D eigenvalue weighted by molar-refractivity contribution is -0.117. The van der Waals surface area contributed by atoms with Gasteiger partial charge in [-0.15, -0.1) is 11.3 Å². The first-order valence-electron chi connectivity index (χ1n) is 9.66. The van der Waals surface area contributed by atoms with Crippen molar-refractivity contribution in [1.82, 2.24) is 15.0 Å². The molecular formula is C22H21N5O2S. The molecule has 3 aromatic rings. The molecule has 0 radical (unpaired) electrons. The van der Waals surface area contributed by atoms with E-state index in [9.17, 15) is 9.59 Å². The van der Waals surface area contributed by atoms with Gasteiger partial charge in [-0.3, -0.25) is 14.6 Å². The normalized spacial score (nSPS) is 14.0. The third-order valence-electron chi connectivity index (χ3n) is 4.91. The molecule has 1 unspecified atom stereocenters. The molecule has 0 aliphatic heterocycles. The summed E-state index contributed by atoms with van der Waals surface area (Å²) in [5.41, 5.74) is 2.34. The third kappa shape index (κ3) is 4.60. The summed E-state index contributed by atoms with van der Waals surface area (Å²) in [5, 5.41) is 6.17. The number of carbonyl (C=O) groups excluding carboxylic acids is 2. The first-order valence-corrected chi connectivity index (χ1v) is 10.5. The van der Waals surface area contributed by atoms with Crippen LogP contribution in [-0.2, 0) is 9.59 Å². The van der Waals surface area contributed by atoms with Crippen LogP contribution in [0, 0.1) is 0 Å². The molecule has 0 aromatic carbocycles. The summed E-state index contributed by atoms with van der Waals surface area (Å²) in [6.45, 7) is 5.27. The van der Waals surface area contributed by atoms with E-state index in [2.05, 4.69) is 32.2 Å². The highest BCUT2D eigenvalue weighted by atomic mass is 32.1. The van der Waals surface area contributed by atoms with Crippen LogP contribution in [0.1, 0.15) is 42.0 Å². The van der Waals surface area contributed by atoms with Crippen molar-refractivity contribution in [2.75, 3.05) is 10.6 Å². The number of rotatable bonds is 7. The third-order valence-corrected chi connectivity index (χ3v) is 5.98. The lowest BCUT2D eigenvalue weighted by Gasteiger charge is -2.12. The van der Waals surface area contributed by atoms with Gasteiger partial charge < -0.3 is 10.6 Å². The van der Waals surface area contributed by atoms with Gasteiger partial charge in [-0.05, 0) is 61.6 Å². The number of hydrogen-bond acceptors (Lipinski definition) is 6. The molecule has 2 N–H and O–H groups in total. The van der Waals surface area contributed by atoms with E-state index in [1.807, 2.05) is 31.3 Å². The lowest BCUT2D eigenvalue weighted by atomic mass is 9.99. The maximum absolute atomic E-state index is 12.7. The van der Waals surface area contributed by atoms with Crippen molar-refractivity contribution in [2.45, 2.75) is 31.6 Å². The molecular weight excluding hydrogens is 398 g/mol. The SMILES string of the molecule is C=CC(=O)Nc1ccc(-c2cc(C(C)C(=O)Nc3ncc(C4CC4)s3)ccn2)cn1. The largest absolute Gasteiger partial charge is 0.307 e. The second kappa shape index (κ2) is 8.54. The maximum Gasteiger partial charge on any atom is 0.248 e. The average Bonchev–Trinajstić information content (AvgIpc) is 3.52. The molecule has 4 rings (SSSR count). The predicted molar refractivity (Wildman–Crippen MR) is 117 cm³/mol. The van der Waals surface area contributed by atoms with Gasteiger partial charge in [-0.2, -0.15) is 0 Å². The van der Waals surface area contributed by atoms with Crippen molar-refractivity contribution in [2.24, 2.45) is 0 Å². The molecule has 1 aliphatic carbocycles. The molecule has 3 heterocycles. The number of aromatic nitrogens is 3. The van der Waals surface area contributed by atoms with Crippen molar-refractivity contribution < 1.29 is 9.59 Å². The lowest BCUT2D eigenvalue weighted by Crippen LogP contribution is -2.18. The van der Waals surface area contributed by atoms with Crippen molar-refractivity contribution in [3.63, 3.8) is 0 Å². The van der Waals surface area contributed by atoms with Crippen molar-refractivity contribution in [3.05, 3.63) is 66.0 Å². The highest BCUT2D eigenvalue weighted by Crippen LogP contribution is 2.43. The highest BCUT2D eigenvalue weighted by molar-refractivity contribution is 7.15. The van der Waals surface area contributed by atoms with E-state index in [0.717, 1.165) is 11.1 Å². The fourth-order valence-electron chi connectivity index (χ4n) is 2.94. The molecule has 2 amide bonds. The van der Waals surface area contributed by atoms with Crippen LogP contribution < -0.4 is 10.6 Å². The van der Waals surface area contributed by atoms with E-state index in [4.69, 9.17) is 0 Å². The topological polar surface area (TPSA) is 96.9 Å². The molecule has 0 bridgehead atoms. The van der Waals surface area contributed by atoms with E-state index in [1.165, 1.54) is 23.8 Å². The smallest absolute Gasteiger partial charge is 0.248 e. The number of thiazole rings is 1. The summed E-state index contributed by atoms with van der Waals surface area (Å²) < 4.78 is 0. The van der Waals surface area contributed by atoms with E-state index in [0.29, 0.717) is 22.6 Å². The summed E-state index contributed by atoms with van der Waals surface area (Å²) in [4.78, 5) is 38.2. The van der Waals surface area contributed by atoms with Crippen LogP contribution in [0.4, 0.5) is 10.9 Å². The number of pyridine rings is 2. The zero-order valence-electron chi connectivity index (χ0n) is 16.5. The van der Waals surface area contributed by atoms with Crippen LogP contribution in [0.3, 0.4) is 0 Å². The molecule has 7 nitrogen and oxygen atoms in total. The Morgan fingerprint density at radius 1 is 1.17 bits per heavy atom. The molecule has 152 valence electrons. The number of carbonyl (C=O) groups is 2. The van der Waals surface area contributed by atoms with Crippen LogP contribution in [0.5, 0.6) is 0 Å².